The minimum atomic E-state index is 0.729. The summed E-state index contributed by atoms with van der Waals surface area (Å²) < 4.78 is 5.21. The number of hydrogen-bond donors (Lipinski definition) is 1. The summed E-state index contributed by atoms with van der Waals surface area (Å²) in [6.07, 6.45) is 2.51. The molecule has 2 aromatic heterocycles. The molecule has 0 unspecified atom stereocenters. The Kier molecular flexibility index (Phi) is 5.23. The Morgan fingerprint density at radius 1 is 1.04 bits per heavy atom. The number of aromatic nitrogens is 2. The molecule has 0 atom stereocenters. The normalized spacial score (nSPS) is 10.9. The quantitative estimate of drug-likeness (QED) is 0.456. The van der Waals surface area contributed by atoms with Crippen molar-refractivity contribution < 1.29 is 4.74 Å². The molecule has 2 heterocycles. The number of nitrogens with one attached hydrogen (secondary N) is 1. The summed E-state index contributed by atoms with van der Waals surface area (Å²) in [4.78, 5) is 9.87. The largest absolute Gasteiger partial charge is 0.497 e. The molecule has 4 nitrogen and oxygen atoms in total. The molecule has 0 aliphatic carbocycles. The van der Waals surface area contributed by atoms with E-state index in [1.807, 2.05) is 36.4 Å². The molecule has 0 spiro atoms. The minimum Gasteiger partial charge on any atom is -0.497 e. The van der Waals surface area contributed by atoms with Crippen LogP contribution in [0.2, 0.25) is 5.02 Å². The molecule has 2 aromatic carbocycles. The van der Waals surface area contributed by atoms with Gasteiger partial charge >= 0.3 is 0 Å². The molecule has 0 saturated carbocycles. The van der Waals surface area contributed by atoms with Crippen LogP contribution in [0, 0.1) is 0 Å². The van der Waals surface area contributed by atoms with Crippen LogP contribution in [0.5, 0.6) is 5.75 Å². The third-order valence-electron chi connectivity index (χ3n) is 4.39. The number of hydrogen-bond acceptors (Lipinski definition) is 5. The molecule has 0 aliphatic heterocycles. The van der Waals surface area contributed by atoms with E-state index in [0.717, 1.165) is 50.9 Å². The van der Waals surface area contributed by atoms with Crippen LogP contribution in [0.4, 0.5) is 5.82 Å². The molecule has 1 N–H and O–H groups in total. The van der Waals surface area contributed by atoms with Crippen LogP contribution >= 0.6 is 22.9 Å². The van der Waals surface area contributed by atoms with E-state index in [4.69, 9.17) is 16.3 Å². The molecule has 4 aromatic rings. The highest BCUT2D eigenvalue weighted by Crippen LogP contribution is 2.36. The number of thiophene rings is 1. The molecule has 0 fully saturated rings. The molecule has 6 heteroatoms. The van der Waals surface area contributed by atoms with E-state index in [-0.39, 0.29) is 0 Å². The number of ether oxygens (including phenoxy) is 1. The van der Waals surface area contributed by atoms with Crippen LogP contribution in [0.25, 0.3) is 21.3 Å². The lowest BCUT2D eigenvalue weighted by Crippen LogP contribution is -2.07. The first-order valence-corrected chi connectivity index (χ1v) is 9.85. The lowest BCUT2D eigenvalue weighted by atomic mass is 10.1. The summed E-state index contributed by atoms with van der Waals surface area (Å²) in [6, 6.07) is 16.0. The van der Waals surface area contributed by atoms with Gasteiger partial charge in [0, 0.05) is 22.5 Å². The fourth-order valence-corrected chi connectivity index (χ4v) is 4.01. The lowest BCUT2D eigenvalue weighted by Gasteiger charge is -2.09. The summed E-state index contributed by atoms with van der Waals surface area (Å²) in [5.41, 5.74) is 3.48. The predicted molar refractivity (Wildman–Crippen MR) is 113 cm³/mol. The average molecular weight is 396 g/mol. The third-order valence-corrected chi connectivity index (χ3v) is 5.53. The smallest absolute Gasteiger partial charge is 0.138 e. The molecular formula is C21H18ClN3OS. The van der Waals surface area contributed by atoms with E-state index in [9.17, 15) is 0 Å². The summed E-state index contributed by atoms with van der Waals surface area (Å²) in [5.74, 6) is 1.73. The number of fused-ring (bicyclic) bond motifs is 1. The highest BCUT2D eigenvalue weighted by molar-refractivity contribution is 7.17. The second-order valence-corrected chi connectivity index (χ2v) is 7.38. The van der Waals surface area contributed by atoms with Crippen molar-refractivity contribution in [3.63, 3.8) is 0 Å². The fraction of sp³-hybridized carbons (Fsp3) is 0.143. The SMILES string of the molecule is COc1ccc(CCNc2ncnc3scc(-c4ccc(Cl)cc4)c23)cc1. The summed E-state index contributed by atoms with van der Waals surface area (Å²) in [7, 11) is 1.68. The zero-order valence-corrected chi connectivity index (χ0v) is 16.3. The van der Waals surface area contributed by atoms with E-state index in [1.54, 1.807) is 24.8 Å². The molecule has 136 valence electrons. The van der Waals surface area contributed by atoms with Gasteiger partial charge < -0.3 is 10.1 Å². The Bertz CT molecular complexity index is 1050. The van der Waals surface area contributed by atoms with Gasteiger partial charge in [0.05, 0.1) is 12.5 Å². The Morgan fingerprint density at radius 2 is 1.81 bits per heavy atom. The second kappa shape index (κ2) is 7.94. The monoisotopic (exact) mass is 395 g/mol. The van der Waals surface area contributed by atoms with Crippen LogP contribution in [0.15, 0.2) is 60.2 Å². The van der Waals surface area contributed by atoms with Crippen molar-refractivity contribution in [3.05, 3.63) is 70.8 Å². The number of anilines is 1. The zero-order chi connectivity index (χ0) is 18.6. The van der Waals surface area contributed by atoms with E-state index in [1.165, 1.54) is 5.56 Å². The number of halogens is 1. The van der Waals surface area contributed by atoms with Gasteiger partial charge in [0.1, 0.15) is 22.7 Å². The Balaban J connectivity index is 1.56. The Hall–Kier alpha value is -2.63. The van der Waals surface area contributed by atoms with Gasteiger partial charge in [-0.3, -0.25) is 0 Å². The standard InChI is InChI=1S/C21H18ClN3OS/c1-26-17-8-2-14(3-9-17)10-11-23-20-19-18(12-27-21(19)25-13-24-20)15-4-6-16(22)7-5-15/h2-9,12-13H,10-11H2,1H3,(H,23,24,25). The van der Waals surface area contributed by atoms with Gasteiger partial charge in [0.25, 0.3) is 0 Å². The van der Waals surface area contributed by atoms with Gasteiger partial charge in [-0.05, 0) is 41.8 Å². The zero-order valence-electron chi connectivity index (χ0n) is 14.8. The highest BCUT2D eigenvalue weighted by atomic mass is 35.5. The number of nitrogens with zero attached hydrogens (tertiary/aromatic N) is 2. The highest BCUT2D eigenvalue weighted by Gasteiger charge is 2.13. The number of methoxy groups -OCH3 is 1. The second-order valence-electron chi connectivity index (χ2n) is 6.08. The van der Waals surface area contributed by atoms with Crippen LogP contribution in [-0.4, -0.2) is 23.6 Å². The first-order chi connectivity index (χ1) is 13.2. The lowest BCUT2D eigenvalue weighted by molar-refractivity contribution is 0.414. The summed E-state index contributed by atoms with van der Waals surface area (Å²) >= 11 is 7.65. The van der Waals surface area contributed by atoms with Crippen molar-refractivity contribution >= 4 is 39.0 Å². The van der Waals surface area contributed by atoms with Crippen LogP contribution in [0.3, 0.4) is 0 Å². The molecule has 0 bridgehead atoms. The van der Waals surface area contributed by atoms with E-state index in [2.05, 4.69) is 32.8 Å². The van der Waals surface area contributed by atoms with E-state index < -0.39 is 0 Å². The van der Waals surface area contributed by atoms with E-state index >= 15 is 0 Å². The van der Waals surface area contributed by atoms with Gasteiger partial charge in [-0.1, -0.05) is 35.9 Å². The number of benzene rings is 2. The first-order valence-electron chi connectivity index (χ1n) is 8.59. The van der Waals surface area contributed by atoms with Crippen LogP contribution < -0.4 is 10.1 Å². The summed E-state index contributed by atoms with van der Waals surface area (Å²) in [5, 5.41) is 7.38. The van der Waals surface area contributed by atoms with Crippen molar-refractivity contribution in [1.82, 2.24) is 9.97 Å². The van der Waals surface area contributed by atoms with Crippen molar-refractivity contribution in [2.24, 2.45) is 0 Å². The first kappa shape index (κ1) is 17.8. The third kappa shape index (κ3) is 3.89. The maximum Gasteiger partial charge on any atom is 0.138 e. The Labute approximate surface area is 166 Å². The molecule has 0 saturated heterocycles. The van der Waals surface area contributed by atoms with Crippen LogP contribution in [-0.2, 0) is 6.42 Å². The fourth-order valence-electron chi connectivity index (χ4n) is 2.97. The summed E-state index contributed by atoms with van der Waals surface area (Å²) in [6.45, 7) is 0.786. The van der Waals surface area contributed by atoms with Gasteiger partial charge in [-0.2, -0.15) is 0 Å². The molecule has 0 amide bonds. The molecule has 4 rings (SSSR count). The van der Waals surface area contributed by atoms with Crippen molar-refractivity contribution in [2.75, 3.05) is 19.0 Å². The van der Waals surface area contributed by atoms with E-state index in [0.29, 0.717) is 0 Å². The van der Waals surface area contributed by atoms with Gasteiger partial charge in [0.2, 0.25) is 0 Å². The van der Waals surface area contributed by atoms with Crippen molar-refractivity contribution in [3.8, 4) is 16.9 Å². The maximum atomic E-state index is 6.03. The topological polar surface area (TPSA) is 47.0 Å². The molecule has 0 aliphatic rings. The predicted octanol–water partition coefficient (Wildman–Crippen LogP) is 5.67. The van der Waals surface area contributed by atoms with Crippen LogP contribution in [0.1, 0.15) is 5.56 Å². The minimum absolute atomic E-state index is 0.729. The number of rotatable bonds is 6. The van der Waals surface area contributed by atoms with Gasteiger partial charge in [-0.15, -0.1) is 11.3 Å². The molecule has 0 radical (unpaired) electrons. The van der Waals surface area contributed by atoms with Crippen molar-refractivity contribution in [2.45, 2.75) is 6.42 Å². The Morgan fingerprint density at radius 3 is 2.56 bits per heavy atom. The van der Waals surface area contributed by atoms with Gasteiger partial charge in [-0.25, -0.2) is 9.97 Å². The van der Waals surface area contributed by atoms with Crippen molar-refractivity contribution in [1.29, 1.82) is 0 Å². The van der Waals surface area contributed by atoms with Gasteiger partial charge in [0.15, 0.2) is 0 Å². The molecular weight excluding hydrogens is 378 g/mol. The molecule has 27 heavy (non-hydrogen) atoms. The average Bonchev–Trinajstić information content (AvgIpc) is 3.14. The maximum absolute atomic E-state index is 6.03.